The summed E-state index contributed by atoms with van der Waals surface area (Å²) in [7, 11) is 1.74. The first kappa shape index (κ1) is 11.2. The van der Waals surface area contributed by atoms with E-state index in [4.69, 9.17) is 11.6 Å². The molecule has 0 unspecified atom stereocenters. The minimum atomic E-state index is -0.0776. The molecule has 2 aromatic rings. The van der Waals surface area contributed by atoms with Gasteiger partial charge in [-0.05, 0) is 23.6 Å². The number of halogens is 1. The van der Waals surface area contributed by atoms with Crippen molar-refractivity contribution >= 4 is 34.5 Å². The molecule has 0 radical (unpaired) electrons. The number of nitrogens with zero attached hydrogens (tertiary/aromatic N) is 1. The highest BCUT2D eigenvalue weighted by atomic mass is 35.5. The number of rotatable bonds is 2. The molecule has 0 spiro atoms. The summed E-state index contributed by atoms with van der Waals surface area (Å²) >= 11 is 7.29. The van der Waals surface area contributed by atoms with Crippen molar-refractivity contribution in [1.29, 1.82) is 0 Å². The van der Waals surface area contributed by atoms with Crippen LogP contribution in [0.4, 0.5) is 5.69 Å². The van der Waals surface area contributed by atoms with Crippen LogP contribution in [0.2, 0.25) is 5.02 Å². The van der Waals surface area contributed by atoms with Crippen LogP contribution in [0.25, 0.3) is 0 Å². The summed E-state index contributed by atoms with van der Waals surface area (Å²) in [5, 5.41) is 2.33. The van der Waals surface area contributed by atoms with Crippen molar-refractivity contribution in [3.05, 3.63) is 51.7 Å². The minimum absolute atomic E-state index is 0.0776. The molecule has 0 saturated carbocycles. The van der Waals surface area contributed by atoms with E-state index in [-0.39, 0.29) is 5.91 Å². The molecule has 1 heterocycles. The van der Waals surface area contributed by atoms with E-state index in [0.29, 0.717) is 9.90 Å². The third kappa shape index (κ3) is 2.10. The standard InChI is InChI=1S/C12H10ClNOS/c1-14(9-5-3-2-4-6-9)12(15)11-10(13)7-8-16-11/h2-8H,1H3. The number of para-hydroxylation sites is 1. The maximum Gasteiger partial charge on any atom is 0.269 e. The fourth-order valence-corrected chi connectivity index (χ4v) is 2.48. The Bertz CT molecular complexity index is 495. The van der Waals surface area contributed by atoms with E-state index < -0.39 is 0 Å². The highest BCUT2D eigenvalue weighted by Gasteiger charge is 2.17. The molecule has 0 aliphatic rings. The number of hydrogen-bond donors (Lipinski definition) is 0. The maximum absolute atomic E-state index is 12.1. The highest BCUT2D eigenvalue weighted by Crippen LogP contribution is 2.25. The van der Waals surface area contributed by atoms with Gasteiger partial charge in [0.25, 0.3) is 5.91 Å². The fraction of sp³-hybridized carbons (Fsp3) is 0.0833. The van der Waals surface area contributed by atoms with Crippen LogP contribution in [0.15, 0.2) is 41.8 Å². The quantitative estimate of drug-likeness (QED) is 0.797. The lowest BCUT2D eigenvalue weighted by Gasteiger charge is -2.16. The van der Waals surface area contributed by atoms with Crippen LogP contribution >= 0.6 is 22.9 Å². The number of carbonyl (C=O) groups excluding carboxylic acids is 1. The van der Waals surface area contributed by atoms with E-state index in [1.54, 1.807) is 18.0 Å². The first-order valence-corrected chi connectivity index (χ1v) is 6.02. The van der Waals surface area contributed by atoms with Crippen LogP contribution < -0.4 is 4.90 Å². The SMILES string of the molecule is CN(C(=O)c1sccc1Cl)c1ccccc1. The van der Waals surface area contributed by atoms with Gasteiger partial charge in [-0.15, -0.1) is 11.3 Å². The second kappa shape index (κ2) is 4.68. The third-order valence-electron chi connectivity index (χ3n) is 2.26. The zero-order valence-electron chi connectivity index (χ0n) is 8.68. The molecule has 0 atom stereocenters. The summed E-state index contributed by atoms with van der Waals surface area (Å²) in [5.41, 5.74) is 0.858. The lowest BCUT2D eigenvalue weighted by Crippen LogP contribution is -2.25. The third-order valence-corrected chi connectivity index (χ3v) is 3.59. The molecule has 4 heteroatoms. The van der Waals surface area contributed by atoms with Crippen LogP contribution in [-0.4, -0.2) is 13.0 Å². The first-order valence-electron chi connectivity index (χ1n) is 4.76. The largest absolute Gasteiger partial charge is 0.311 e. The molecule has 0 saturated heterocycles. The maximum atomic E-state index is 12.1. The van der Waals surface area contributed by atoms with Gasteiger partial charge in [0.15, 0.2) is 0 Å². The molecule has 82 valence electrons. The Kier molecular flexibility index (Phi) is 3.27. The number of carbonyl (C=O) groups is 1. The van der Waals surface area contributed by atoms with Gasteiger partial charge in [0.1, 0.15) is 4.88 Å². The smallest absolute Gasteiger partial charge is 0.269 e. The van der Waals surface area contributed by atoms with Crippen molar-refractivity contribution in [2.75, 3.05) is 11.9 Å². The lowest BCUT2D eigenvalue weighted by atomic mass is 10.3. The van der Waals surface area contributed by atoms with E-state index >= 15 is 0 Å². The normalized spacial score (nSPS) is 10.1. The van der Waals surface area contributed by atoms with Gasteiger partial charge in [-0.2, -0.15) is 0 Å². The number of amides is 1. The molecule has 1 amide bonds. The molecule has 0 aliphatic carbocycles. The van der Waals surface area contributed by atoms with Crippen molar-refractivity contribution in [2.24, 2.45) is 0 Å². The highest BCUT2D eigenvalue weighted by molar-refractivity contribution is 7.12. The lowest BCUT2D eigenvalue weighted by molar-refractivity contribution is 0.0997. The van der Waals surface area contributed by atoms with Crippen molar-refractivity contribution in [2.45, 2.75) is 0 Å². The predicted octanol–water partition coefficient (Wildman–Crippen LogP) is 3.68. The minimum Gasteiger partial charge on any atom is -0.311 e. The van der Waals surface area contributed by atoms with Crippen molar-refractivity contribution in [3.63, 3.8) is 0 Å². The van der Waals surface area contributed by atoms with E-state index in [0.717, 1.165) is 5.69 Å². The Hall–Kier alpha value is -1.32. The van der Waals surface area contributed by atoms with Gasteiger partial charge in [0.2, 0.25) is 0 Å². The molecule has 1 aromatic carbocycles. The van der Waals surface area contributed by atoms with Crippen LogP contribution in [0.1, 0.15) is 9.67 Å². The van der Waals surface area contributed by atoms with Gasteiger partial charge in [-0.1, -0.05) is 29.8 Å². The van der Waals surface area contributed by atoms with Crippen molar-refractivity contribution < 1.29 is 4.79 Å². The molecule has 0 aliphatic heterocycles. The topological polar surface area (TPSA) is 20.3 Å². The summed E-state index contributed by atoms with van der Waals surface area (Å²) in [6.07, 6.45) is 0. The van der Waals surface area contributed by atoms with Crippen molar-refractivity contribution in [3.8, 4) is 0 Å². The second-order valence-electron chi connectivity index (χ2n) is 3.30. The molecule has 16 heavy (non-hydrogen) atoms. The number of benzene rings is 1. The van der Waals surface area contributed by atoms with E-state index in [9.17, 15) is 4.79 Å². The Labute approximate surface area is 103 Å². The molecule has 0 N–H and O–H groups in total. The van der Waals surface area contributed by atoms with Gasteiger partial charge in [-0.3, -0.25) is 4.79 Å². The van der Waals surface area contributed by atoms with Crippen LogP contribution in [0, 0.1) is 0 Å². The Morgan fingerprint density at radius 1 is 1.25 bits per heavy atom. The molecule has 0 bridgehead atoms. The summed E-state index contributed by atoms with van der Waals surface area (Å²) in [5.74, 6) is -0.0776. The second-order valence-corrected chi connectivity index (χ2v) is 4.62. The molecular formula is C12H10ClNOS. The number of hydrogen-bond acceptors (Lipinski definition) is 2. The monoisotopic (exact) mass is 251 g/mol. The van der Waals surface area contributed by atoms with Gasteiger partial charge in [-0.25, -0.2) is 0 Å². The average molecular weight is 252 g/mol. The summed E-state index contributed by atoms with van der Waals surface area (Å²) in [4.78, 5) is 14.3. The van der Waals surface area contributed by atoms with Crippen LogP contribution in [0.5, 0.6) is 0 Å². The summed E-state index contributed by atoms with van der Waals surface area (Å²) in [6, 6.07) is 11.2. The van der Waals surface area contributed by atoms with Crippen LogP contribution in [-0.2, 0) is 0 Å². The average Bonchev–Trinajstić information content (AvgIpc) is 2.75. The van der Waals surface area contributed by atoms with Gasteiger partial charge < -0.3 is 4.90 Å². The van der Waals surface area contributed by atoms with Crippen molar-refractivity contribution in [1.82, 2.24) is 0 Å². The fourth-order valence-electron chi connectivity index (χ4n) is 1.37. The molecule has 2 nitrogen and oxygen atoms in total. The van der Waals surface area contributed by atoms with E-state index in [1.165, 1.54) is 11.3 Å². The molecule has 1 aromatic heterocycles. The Morgan fingerprint density at radius 3 is 2.50 bits per heavy atom. The van der Waals surface area contributed by atoms with Gasteiger partial charge in [0.05, 0.1) is 5.02 Å². The van der Waals surface area contributed by atoms with Crippen LogP contribution in [0.3, 0.4) is 0 Å². The van der Waals surface area contributed by atoms with E-state index in [1.807, 2.05) is 35.7 Å². The molecule has 2 rings (SSSR count). The van der Waals surface area contributed by atoms with Gasteiger partial charge >= 0.3 is 0 Å². The van der Waals surface area contributed by atoms with Gasteiger partial charge in [0, 0.05) is 12.7 Å². The molecule has 0 fully saturated rings. The predicted molar refractivity (Wildman–Crippen MR) is 68.5 cm³/mol. The number of anilines is 1. The number of thiophene rings is 1. The zero-order chi connectivity index (χ0) is 11.5. The Balaban J connectivity index is 2.27. The molecular weight excluding hydrogens is 242 g/mol. The van der Waals surface area contributed by atoms with E-state index in [2.05, 4.69) is 0 Å². The Morgan fingerprint density at radius 2 is 1.94 bits per heavy atom. The first-order chi connectivity index (χ1) is 7.70. The summed E-state index contributed by atoms with van der Waals surface area (Å²) < 4.78 is 0. The summed E-state index contributed by atoms with van der Waals surface area (Å²) in [6.45, 7) is 0. The zero-order valence-corrected chi connectivity index (χ0v) is 10.3.